The lowest BCUT2D eigenvalue weighted by Crippen LogP contribution is -2.40. The molecule has 1 unspecified atom stereocenters. The van der Waals surface area contributed by atoms with E-state index in [1.807, 2.05) is 48.5 Å². The second-order valence-corrected chi connectivity index (χ2v) is 5.30. The number of benzene rings is 2. The lowest BCUT2D eigenvalue weighted by molar-refractivity contribution is -0.000275. The summed E-state index contributed by atoms with van der Waals surface area (Å²) in [6, 6.07) is 20.4. The Kier molecular flexibility index (Phi) is 3.25. The zero-order valence-electron chi connectivity index (χ0n) is 12.0. The van der Waals surface area contributed by atoms with Crippen molar-refractivity contribution >= 4 is 0 Å². The fourth-order valence-electron chi connectivity index (χ4n) is 2.89. The van der Waals surface area contributed by atoms with Gasteiger partial charge in [0.15, 0.2) is 0 Å². The maximum Gasteiger partial charge on any atom is 0.247 e. The summed E-state index contributed by atoms with van der Waals surface area (Å²) in [5, 5.41) is 3.56. The topological polar surface area (TPSA) is 47.3 Å². The van der Waals surface area contributed by atoms with Gasteiger partial charge in [0, 0.05) is 5.56 Å². The lowest BCUT2D eigenvalue weighted by Gasteiger charge is -2.26. The van der Waals surface area contributed by atoms with Crippen molar-refractivity contribution in [3.8, 4) is 0 Å². The van der Waals surface area contributed by atoms with Crippen LogP contribution in [0.5, 0.6) is 0 Å². The Hall–Kier alpha value is -2.43. The molecule has 1 aliphatic rings. The van der Waals surface area contributed by atoms with Gasteiger partial charge in [-0.05, 0) is 5.56 Å². The molecule has 0 radical (unpaired) electrons. The molecule has 22 heavy (non-hydrogen) atoms. The van der Waals surface area contributed by atoms with Gasteiger partial charge in [0.25, 0.3) is 0 Å². The van der Waals surface area contributed by atoms with Gasteiger partial charge < -0.3 is 9.15 Å². The number of oxazole rings is 1. The van der Waals surface area contributed by atoms with Gasteiger partial charge in [-0.3, -0.25) is 5.32 Å². The van der Waals surface area contributed by atoms with Crippen LogP contribution in [0, 0.1) is 0 Å². The SMILES string of the molecule is c1ccc(C2CO[C@@](c3ccccc3)(c3ncco3)N2)cc1. The van der Waals surface area contributed by atoms with Crippen LogP contribution < -0.4 is 5.32 Å². The molecule has 2 heterocycles. The molecule has 1 N–H and O–H groups in total. The first-order valence-electron chi connectivity index (χ1n) is 7.30. The van der Waals surface area contributed by atoms with Crippen LogP contribution in [-0.2, 0) is 10.5 Å². The Morgan fingerprint density at radius 1 is 1.00 bits per heavy atom. The molecular formula is C18H16N2O2. The molecule has 0 amide bonds. The predicted octanol–water partition coefficient (Wildman–Crippen LogP) is 3.24. The quantitative estimate of drug-likeness (QED) is 0.805. The molecule has 2 atom stereocenters. The highest BCUT2D eigenvalue weighted by Crippen LogP contribution is 2.38. The summed E-state index contributed by atoms with van der Waals surface area (Å²) < 4.78 is 11.7. The molecule has 0 bridgehead atoms. The lowest BCUT2D eigenvalue weighted by atomic mass is 10.0. The van der Waals surface area contributed by atoms with Gasteiger partial charge >= 0.3 is 0 Å². The Bertz CT molecular complexity index is 728. The first-order chi connectivity index (χ1) is 10.9. The van der Waals surface area contributed by atoms with Crippen molar-refractivity contribution in [2.75, 3.05) is 6.61 Å². The summed E-state index contributed by atoms with van der Waals surface area (Å²) in [6.45, 7) is 0.557. The van der Waals surface area contributed by atoms with Crippen LogP contribution in [-0.4, -0.2) is 11.6 Å². The third kappa shape index (κ3) is 2.13. The zero-order valence-corrected chi connectivity index (χ0v) is 12.0. The minimum absolute atomic E-state index is 0.0910. The van der Waals surface area contributed by atoms with Crippen LogP contribution in [0.2, 0.25) is 0 Å². The molecule has 4 rings (SSSR count). The molecule has 4 heteroatoms. The summed E-state index contributed by atoms with van der Waals surface area (Å²) in [4.78, 5) is 4.32. The van der Waals surface area contributed by atoms with Crippen molar-refractivity contribution in [2.45, 2.75) is 11.8 Å². The molecule has 1 saturated heterocycles. The predicted molar refractivity (Wildman–Crippen MR) is 82.0 cm³/mol. The molecule has 1 aromatic heterocycles. The van der Waals surface area contributed by atoms with E-state index in [-0.39, 0.29) is 6.04 Å². The van der Waals surface area contributed by atoms with Crippen molar-refractivity contribution in [1.82, 2.24) is 10.3 Å². The molecule has 0 saturated carbocycles. The molecular weight excluding hydrogens is 276 g/mol. The molecule has 0 aliphatic carbocycles. The summed E-state index contributed by atoms with van der Waals surface area (Å²) >= 11 is 0. The number of nitrogens with one attached hydrogen (secondary N) is 1. The fraction of sp³-hybridized carbons (Fsp3) is 0.167. The van der Waals surface area contributed by atoms with Crippen molar-refractivity contribution in [1.29, 1.82) is 0 Å². The standard InChI is InChI=1S/C18H16N2O2/c1-3-7-14(8-4-1)16-13-22-18(20-16,17-19-11-12-21-17)15-9-5-2-6-10-15/h1-12,16,20H,13H2/t16?,18-/m0/s1. The number of hydrogen-bond acceptors (Lipinski definition) is 4. The van der Waals surface area contributed by atoms with E-state index in [4.69, 9.17) is 9.15 Å². The molecule has 110 valence electrons. The molecule has 1 aliphatic heterocycles. The number of hydrogen-bond donors (Lipinski definition) is 1. The van der Waals surface area contributed by atoms with E-state index in [9.17, 15) is 0 Å². The minimum atomic E-state index is -0.842. The maximum absolute atomic E-state index is 6.17. The third-order valence-electron chi connectivity index (χ3n) is 3.96. The average molecular weight is 292 g/mol. The summed E-state index contributed by atoms with van der Waals surface area (Å²) in [7, 11) is 0. The van der Waals surface area contributed by atoms with Crippen LogP contribution in [0.4, 0.5) is 0 Å². The van der Waals surface area contributed by atoms with Gasteiger partial charge in [0.2, 0.25) is 11.6 Å². The Balaban J connectivity index is 1.75. The Labute approximate surface area is 128 Å². The van der Waals surface area contributed by atoms with Crippen molar-refractivity contribution < 1.29 is 9.15 Å². The molecule has 2 aromatic carbocycles. The highest BCUT2D eigenvalue weighted by Gasteiger charge is 2.47. The maximum atomic E-state index is 6.17. The highest BCUT2D eigenvalue weighted by molar-refractivity contribution is 5.31. The van der Waals surface area contributed by atoms with Gasteiger partial charge in [-0.2, -0.15) is 0 Å². The molecule has 4 nitrogen and oxygen atoms in total. The minimum Gasteiger partial charge on any atom is -0.445 e. The molecule has 0 spiro atoms. The Morgan fingerprint density at radius 3 is 2.41 bits per heavy atom. The van der Waals surface area contributed by atoms with E-state index in [0.29, 0.717) is 12.5 Å². The van der Waals surface area contributed by atoms with Gasteiger partial charge in [0.05, 0.1) is 18.8 Å². The van der Waals surface area contributed by atoms with E-state index in [1.165, 1.54) is 5.56 Å². The number of nitrogens with zero attached hydrogens (tertiary/aromatic N) is 1. The summed E-state index contributed by atoms with van der Waals surface area (Å²) in [5.41, 5.74) is 1.33. The van der Waals surface area contributed by atoms with Crippen molar-refractivity contribution in [2.24, 2.45) is 0 Å². The monoisotopic (exact) mass is 292 g/mol. The van der Waals surface area contributed by atoms with E-state index in [1.54, 1.807) is 12.5 Å². The van der Waals surface area contributed by atoms with Gasteiger partial charge in [-0.25, -0.2) is 4.98 Å². The number of aromatic nitrogens is 1. The van der Waals surface area contributed by atoms with Crippen LogP contribution in [0.3, 0.4) is 0 Å². The number of rotatable bonds is 3. The van der Waals surface area contributed by atoms with Crippen molar-refractivity contribution in [3.05, 3.63) is 90.1 Å². The van der Waals surface area contributed by atoms with Gasteiger partial charge in [-0.15, -0.1) is 0 Å². The second kappa shape index (κ2) is 5.40. The summed E-state index contributed by atoms with van der Waals surface area (Å²) in [5.74, 6) is 0.525. The van der Waals surface area contributed by atoms with Gasteiger partial charge in [-0.1, -0.05) is 60.7 Å². The van der Waals surface area contributed by atoms with E-state index >= 15 is 0 Å². The highest BCUT2D eigenvalue weighted by atomic mass is 16.5. The smallest absolute Gasteiger partial charge is 0.247 e. The van der Waals surface area contributed by atoms with Crippen LogP contribution >= 0.6 is 0 Å². The largest absolute Gasteiger partial charge is 0.445 e. The molecule has 1 fully saturated rings. The van der Waals surface area contributed by atoms with E-state index < -0.39 is 5.72 Å². The van der Waals surface area contributed by atoms with Gasteiger partial charge in [0.1, 0.15) is 6.26 Å². The zero-order chi connectivity index (χ0) is 14.8. The van der Waals surface area contributed by atoms with Crippen LogP contribution in [0.15, 0.2) is 77.5 Å². The van der Waals surface area contributed by atoms with E-state index in [2.05, 4.69) is 22.4 Å². The van der Waals surface area contributed by atoms with E-state index in [0.717, 1.165) is 5.56 Å². The fourth-order valence-corrected chi connectivity index (χ4v) is 2.89. The average Bonchev–Trinajstić information content (AvgIpc) is 3.27. The molecule has 3 aromatic rings. The third-order valence-corrected chi connectivity index (χ3v) is 3.96. The summed E-state index contributed by atoms with van der Waals surface area (Å²) in [6.07, 6.45) is 3.21. The van der Waals surface area contributed by atoms with Crippen LogP contribution in [0.25, 0.3) is 0 Å². The Morgan fingerprint density at radius 2 is 1.73 bits per heavy atom. The number of ether oxygens (including phenoxy) is 1. The first kappa shape index (κ1) is 13.2. The van der Waals surface area contributed by atoms with Crippen LogP contribution in [0.1, 0.15) is 23.1 Å². The van der Waals surface area contributed by atoms with Crippen molar-refractivity contribution in [3.63, 3.8) is 0 Å². The first-order valence-corrected chi connectivity index (χ1v) is 7.30. The normalized spacial score (nSPS) is 24.5. The second-order valence-electron chi connectivity index (χ2n) is 5.30.